The van der Waals surface area contributed by atoms with E-state index in [4.69, 9.17) is 0 Å². The Balaban J connectivity index is 3.53. The van der Waals surface area contributed by atoms with Crippen molar-refractivity contribution in [2.24, 2.45) is 0 Å². The Kier molecular flexibility index (Phi) is 9.07. The largest absolute Gasteiger partial charge is 0.298 e. The second-order valence-corrected chi connectivity index (χ2v) is 3.50. The second kappa shape index (κ2) is 9.50. The van der Waals surface area contributed by atoms with Crippen molar-refractivity contribution in [3.63, 3.8) is 0 Å². The maximum Gasteiger partial charge on any atom is 0.145 e. The van der Waals surface area contributed by atoms with Gasteiger partial charge in [0.25, 0.3) is 0 Å². The first-order valence-electron chi connectivity index (χ1n) is 5.49. The number of unbranched alkanes of at least 4 members (excludes halogenated alkanes) is 4. The highest BCUT2D eigenvalue weighted by molar-refractivity contribution is 5.72. The van der Waals surface area contributed by atoms with E-state index in [-0.39, 0.29) is 0 Å². The van der Waals surface area contributed by atoms with Crippen LogP contribution in [0.4, 0.5) is 0 Å². The molecular weight excluding hydrogens is 160 g/mol. The summed E-state index contributed by atoms with van der Waals surface area (Å²) in [5.41, 5.74) is 0.998. The second-order valence-electron chi connectivity index (χ2n) is 3.50. The third kappa shape index (κ3) is 7.76. The van der Waals surface area contributed by atoms with E-state index in [2.05, 4.69) is 19.9 Å². The summed E-state index contributed by atoms with van der Waals surface area (Å²) in [6.45, 7) is 4.34. The Morgan fingerprint density at radius 1 is 1.08 bits per heavy atom. The molecule has 0 bridgehead atoms. The maximum absolute atomic E-state index is 10.6. The zero-order valence-electron chi connectivity index (χ0n) is 9.01. The Bertz CT molecular complexity index is 147. The van der Waals surface area contributed by atoms with E-state index in [1.807, 2.05) is 0 Å². The standard InChI is InChI=1S/C12H22O/c1-3-5-7-8-10-12(11-13)9-6-4-2/h9,11H,3-8,10H2,1-2H3. The Labute approximate surface area is 82.2 Å². The maximum atomic E-state index is 10.6. The van der Waals surface area contributed by atoms with Gasteiger partial charge in [0.05, 0.1) is 0 Å². The molecule has 0 rings (SSSR count). The molecule has 0 fully saturated rings. The number of allylic oxidation sites excluding steroid dienone is 2. The highest BCUT2D eigenvalue weighted by Gasteiger charge is 1.94. The molecule has 0 unspecified atom stereocenters. The van der Waals surface area contributed by atoms with Gasteiger partial charge < -0.3 is 0 Å². The molecule has 0 aromatic rings. The third-order valence-electron chi connectivity index (χ3n) is 2.17. The van der Waals surface area contributed by atoms with Crippen molar-refractivity contribution in [2.45, 2.75) is 58.8 Å². The summed E-state index contributed by atoms with van der Waals surface area (Å²) in [7, 11) is 0. The average Bonchev–Trinajstić information content (AvgIpc) is 2.17. The molecule has 0 aromatic heterocycles. The molecule has 1 heteroatoms. The van der Waals surface area contributed by atoms with Gasteiger partial charge in [-0.25, -0.2) is 0 Å². The number of hydrogen-bond acceptors (Lipinski definition) is 1. The van der Waals surface area contributed by atoms with Crippen molar-refractivity contribution in [3.05, 3.63) is 11.6 Å². The minimum absolute atomic E-state index is 0.976. The van der Waals surface area contributed by atoms with Crippen molar-refractivity contribution < 1.29 is 4.79 Å². The van der Waals surface area contributed by atoms with Gasteiger partial charge in [0.1, 0.15) is 6.29 Å². The van der Waals surface area contributed by atoms with Crippen LogP contribution in [0.2, 0.25) is 0 Å². The zero-order valence-corrected chi connectivity index (χ0v) is 9.01. The number of carbonyl (C=O) groups excluding carboxylic acids is 1. The van der Waals surface area contributed by atoms with Crippen LogP contribution in [0.25, 0.3) is 0 Å². The number of hydrogen-bond donors (Lipinski definition) is 0. The van der Waals surface area contributed by atoms with Crippen LogP contribution >= 0.6 is 0 Å². The van der Waals surface area contributed by atoms with Crippen LogP contribution < -0.4 is 0 Å². The Morgan fingerprint density at radius 2 is 1.85 bits per heavy atom. The Hall–Kier alpha value is -0.590. The lowest BCUT2D eigenvalue weighted by molar-refractivity contribution is -0.105. The van der Waals surface area contributed by atoms with Crippen LogP contribution in [0.5, 0.6) is 0 Å². The van der Waals surface area contributed by atoms with Crippen LogP contribution in [0.3, 0.4) is 0 Å². The normalized spacial score (nSPS) is 11.7. The lowest BCUT2D eigenvalue weighted by Crippen LogP contribution is -1.86. The molecule has 0 aliphatic carbocycles. The first kappa shape index (κ1) is 12.4. The summed E-state index contributed by atoms with van der Waals surface area (Å²) in [4.78, 5) is 10.6. The molecule has 0 amide bonds. The molecule has 0 aliphatic heterocycles. The zero-order chi connectivity index (χ0) is 9.94. The Morgan fingerprint density at radius 3 is 2.38 bits per heavy atom. The van der Waals surface area contributed by atoms with Gasteiger partial charge in [-0.15, -0.1) is 0 Å². The van der Waals surface area contributed by atoms with E-state index in [1.165, 1.54) is 25.7 Å². The van der Waals surface area contributed by atoms with Crippen molar-refractivity contribution in [1.29, 1.82) is 0 Å². The fraction of sp³-hybridized carbons (Fsp3) is 0.750. The molecule has 0 N–H and O–H groups in total. The van der Waals surface area contributed by atoms with Crippen LogP contribution in [-0.4, -0.2) is 6.29 Å². The number of rotatable bonds is 8. The molecule has 0 saturated heterocycles. The molecule has 1 nitrogen and oxygen atoms in total. The van der Waals surface area contributed by atoms with E-state index in [9.17, 15) is 4.79 Å². The van der Waals surface area contributed by atoms with E-state index >= 15 is 0 Å². The molecule has 0 aromatic carbocycles. The van der Waals surface area contributed by atoms with Gasteiger partial charge in [-0.05, 0) is 24.8 Å². The quantitative estimate of drug-likeness (QED) is 0.316. The van der Waals surface area contributed by atoms with Crippen LogP contribution in [0.1, 0.15) is 58.8 Å². The predicted molar refractivity (Wildman–Crippen MR) is 57.8 cm³/mol. The van der Waals surface area contributed by atoms with Crippen LogP contribution in [0, 0.1) is 0 Å². The minimum Gasteiger partial charge on any atom is -0.298 e. The van der Waals surface area contributed by atoms with E-state index in [0.29, 0.717) is 0 Å². The highest BCUT2D eigenvalue weighted by atomic mass is 16.1. The first-order chi connectivity index (χ1) is 6.35. The van der Waals surface area contributed by atoms with Crippen molar-refractivity contribution in [2.75, 3.05) is 0 Å². The summed E-state index contributed by atoms with van der Waals surface area (Å²) >= 11 is 0. The lowest BCUT2D eigenvalue weighted by atomic mass is 10.1. The van der Waals surface area contributed by atoms with E-state index < -0.39 is 0 Å². The van der Waals surface area contributed by atoms with Crippen LogP contribution in [0.15, 0.2) is 11.6 Å². The van der Waals surface area contributed by atoms with Gasteiger partial charge in [0, 0.05) is 0 Å². The molecule has 13 heavy (non-hydrogen) atoms. The van der Waals surface area contributed by atoms with Crippen molar-refractivity contribution in [3.8, 4) is 0 Å². The average molecular weight is 182 g/mol. The highest BCUT2D eigenvalue weighted by Crippen LogP contribution is 2.09. The topological polar surface area (TPSA) is 17.1 Å². The molecular formula is C12H22O. The first-order valence-corrected chi connectivity index (χ1v) is 5.49. The summed E-state index contributed by atoms with van der Waals surface area (Å²) in [6, 6.07) is 0. The fourth-order valence-electron chi connectivity index (χ4n) is 1.29. The summed E-state index contributed by atoms with van der Waals surface area (Å²) < 4.78 is 0. The number of aldehydes is 1. The molecule has 0 radical (unpaired) electrons. The SMILES string of the molecule is CCCC=C(C=O)CCCCCC. The van der Waals surface area contributed by atoms with Gasteiger partial charge in [0.15, 0.2) is 0 Å². The number of carbonyl (C=O) groups is 1. The monoisotopic (exact) mass is 182 g/mol. The smallest absolute Gasteiger partial charge is 0.145 e. The predicted octanol–water partition coefficient (Wildman–Crippen LogP) is 3.88. The molecule has 76 valence electrons. The molecule has 0 spiro atoms. The van der Waals surface area contributed by atoms with Crippen molar-refractivity contribution >= 4 is 6.29 Å². The molecule has 0 atom stereocenters. The van der Waals surface area contributed by atoms with E-state index in [1.54, 1.807) is 0 Å². The molecule has 0 saturated carbocycles. The minimum atomic E-state index is 0.976. The van der Waals surface area contributed by atoms with Gasteiger partial charge in [-0.1, -0.05) is 45.6 Å². The van der Waals surface area contributed by atoms with E-state index in [0.717, 1.165) is 31.1 Å². The summed E-state index contributed by atoms with van der Waals surface area (Å²) in [5.74, 6) is 0. The summed E-state index contributed by atoms with van der Waals surface area (Å²) in [5, 5.41) is 0. The van der Waals surface area contributed by atoms with Crippen molar-refractivity contribution in [1.82, 2.24) is 0 Å². The molecule has 0 heterocycles. The van der Waals surface area contributed by atoms with Gasteiger partial charge >= 0.3 is 0 Å². The van der Waals surface area contributed by atoms with Gasteiger partial charge in [0.2, 0.25) is 0 Å². The fourth-order valence-corrected chi connectivity index (χ4v) is 1.29. The third-order valence-corrected chi connectivity index (χ3v) is 2.17. The lowest BCUT2D eigenvalue weighted by Gasteiger charge is -1.99. The molecule has 0 aliphatic rings. The van der Waals surface area contributed by atoms with Gasteiger partial charge in [-0.2, -0.15) is 0 Å². The summed E-state index contributed by atoms with van der Waals surface area (Å²) in [6.07, 6.45) is 11.2. The van der Waals surface area contributed by atoms with Crippen LogP contribution in [-0.2, 0) is 4.79 Å². The van der Waals surface area contributed by atoms with Gasteiger partial charge in [-0.3, -0.25) is 4.79 Å².